The molecule has 2 heteroatoms. The van der Waals surface area contributed by atoms with Gasteiger partial charge in [-0.15, -0.1) is 0 Å². The van der Waals surface area contributed by atoms with Crippen molar-refractivity contribution in [2.24, 2.45) is 0 Å². The Morgan fingerprint density at radius 3 is 1.76 bits per heavy atom. The van der Waals surface area contributed by atoms with Crippen molar-refractivity contribution in [3.63, 3.8) is 0 Å². The summed E-state index contributed by atoms with van der Waals surface area (Å²) < 4.78 is 6.51. The van der Waals surface area contributed by atoms with Crippen molar-refractivity contribution in [2.75, 3.05) is 4.90 Å². The maximum atomic E-state index is 6.51. The fourth-order valence-corrected chi connectivity index (χ4v) is 10.6. The summed E-state index contributed by atoms with van der Waals surface area (Å²) in [5.74, 6) is 0. The number of benzene rings is 10. The first-order valence-electron chi connectivity index (χ1n) is 20.4. The average Bonchev–Trinajstić information content (AvgIpc) is 3.81. The molecule has 2 nitrogen and oxygen atoms in total. The minimum atomic E-state index is -0.557. The highest BCUT2D eigenvalue weighted by atomic mass is 16.3. The summed E-state index contributed by atoms with van der Waals surface area (Å²) in [7, 11) is 0. The van der Waals surface area contributed by atoms with Gasteiger partial charge in [-0.2, -0.15) is 0 Å². The van der Waals surface area contributed by atoms with Crippen LogP contribution in [0.25, 0.3) is 76.9 Å². The highest BCUT2D eigenvalue weighted by molar-refractivity contribution is 6.12. The molecular formula is C57H35NO. The zero-order valence-electron chi connectivity index (χ0n) is 32.1. The predicted octanol–water partition coefficient (Wildman–Crippen LogP) is 15.4. The SMILES string of the molecule is c1ccc(-c2ccc3c4c(cccc24)C2(c4ccccc4-c4ccc(N(c5ccc6ccccc6c5)c5ccc6c(c5)oc5ccccc56)cc42)c2ccccc2-3)cc1. The van der Waals surface area contributed by atoms with E-state index in [-0.39, 0.29) is 0 Å². The van der Waals surface area contributed by atoms with Crippen LogP contribution in [0.5, 0.6) is 0 Å². The third-order valence-corrected chi connectivity index (χ3v) is 13.0. The van der Waals surface area contributed by atoms with E-state index in [4.69, 9.17) is 4.42 Å². The zero-order chi connectivity index (χ0) is 38.7. The van der Waals surface area contributed by atoms with E-state index in [2.05, 4.69) is 211 Å². The third kappa shape index (κ3) is 4.46. The van der Waals surface area contributed by atoms with Crippen LogP contribution < -0.4 is 4.90 Å². The van der Waals surface area contributed by atoms with E-state index in [1.165, 1.54) is 77.2 Å². The second-order valence-corrected chi connectivity index (χ2v) is 16.0. The Labute approximate surface area is 341 Å². The van der Waals surface area contributed by atoms with E-state index >= 15 is 0 Å². The molecule has 10 aromatic carbocycles. The van der Waals surface area contributed by atoms with Crippen LogP contribution in [-0.4, -0.2) is 0 Å². The van der Waals surface area contributed by atoms with Crippen LogP contribution in [0.1, 0.15) is 22.3 Å². The fraction of sp³-hybridized carbons (Fsp3) is 0.0175. The van der Waals surface area contributed by atoms with Gasteiger partial charge in [-0.3, -0.25) is 0 Å². The summed E-state index contributed by atoms with van der Waals surface area (Å²) in [6.07, 6.45) is 0. The topological polar surface area (TPSA) is 16.4 Å². The summed E-state index contributed by atoms with van der Waals surface area (Å²) in [4.78, 5) is 2.41. The Kier molecular flexibility index (Phi) is 6.68. The summed E-state index contributed by atoms with van der Waals surface area (Å²) in [5.41, 5.74) is 17.3. The molecule has 2 aliphatic rings. The zero-order valence-corrected chi connectivity index (χ0v) is 32.1. The van der Waals surface area contributed by atoms with E-state index in [9.17, 15) is 0 Å². The number of anilines is 3. The minimum Gasteiger partial charge on any atom is -0.456 e. The first kappa shape index (κ1) is 32.4. The van der Waals surface area contributed by atoms with Crippen molar-refractivity contribution in [3.8, 4) is 33.4 Å². The molecule has 1 spiro atoms. The lowest BCUT2D eigenvalue weighted by Crippen LogP contribution is -2.32. The van der Waals surface area contributed by atoms with Gasteiger partial charge in [0.25, 0.3) is 0 Å². The molecule has 11 aromatic rings. The van der Waals surface area contributed by atoms with Gasteiger partial charge in [0.05, 0.1) is 5.41 Å². The Balaban J connectivity index is 1.11. The Hall–Kier alpha value is -7.68. The number of fused-ring (bicyclic) bond motifs is 13. The van der Waals surface area contributed by atoms with Gasteiger partial charge < -0.3 is 9.32 Å². The van der Waals surface area contributed by atoms with Crippen LogP contribution in [0, 0.1) is 0 Å². The van der Waals surface area contributed by atoms with Gasteiger partial charge in [0.1, 0.15) is 11.2 Å². The molecule has 1 atom stereocenters. The fourth-order valence-electron chi connectivity index (χ4n) is 10.6. The van der Waals surface area contributed by atoms with Gasteiger partial charge >= 0.3 is 0 Å². The number of hydrogen-bond acceptors (Lipinski definition) is 2. The predicted molar refractivity (Wildman–Crippen MR) is 245 cm³/mol. The molecule has 0 saturated heterocycles. The monoisotopic (exact) mass is 749 g/mol. The summed E-state index contributed by atoms with van der Waals surface area (Å²) >= 11 is 0. The normalized spacial score (nSPS) is 14.8. The first-order valence-corrected chi connectivity index (χ1v) is 20.4. The van der Waals surface area contributed by atoms with Gasteiger partial charge in [-0.05, 0) is 120 Å². The summed E-state index contributed by atoms with van der Waals surface area (Å²) in [6.45, 7) is 0. The maximum Gasteiger partial charge on any atom is 0.137 e. The molecule has 59 heavy (non-hydrogen) atoms. The third-order valence-electron chi connectivity index (χ3n) is 13.0. The van der Waals surface area contributed by atoms with Crippen molar-refractivity contribution >= 4 is 60.5 Å². The number of furan rings is 1. The van der Waals surface area contributed by atoms with Gasteiger partial charge in [0.2, 0.25) is 0 Å². The highest BCUT2D eigenvalue weighted by Gasteiger charge is 2.50. The van der Waals surface area contributed by atoms with Gasteiger partial charge in [-0.1, -0.05) is 164 Å². The van der Waals surface area contributed by atoms with Crippen molar-refractivity contribution in [3.05, 3.63) is 235 Å². The van der Waals surface area contributed by atoms with E-state index in [1.807, 2.05) is 6.07 Å². The first-order chi connectivity index (χ1) is 29.3. The summed E-state index contributed by atoms with van der Waals surface area (Å²) in [6, 6.07) is 78.3. The largest absolute Gasteiger partial charge is 0.456 e. The molecule has 274 valence electrons. The number of rotatable bonds is 4. The Bertz CT molecular complexity index is 3520. The molecular weight excluding hydrogens is 715 g/mol. The molecule has 13 rings (SSSR count). The average molecular weight is 750 g/mol. The Morgan fingerprint density at radius 2 is 0.898 bits per heavy atom. The Morgan fingerprint density at radius 1 is 0.322 bits per heavy atom. The second-order valence-electron chi connectivity index (χ2n) is 16.0. The molecule has 0 saturated carbocycles. The van der Waals surface area contributed by atoms with Crippen LogP contribution in [0.15, 0.2) is 217 Å². The van der Waals surface area contributed by atoms with Crippen molar-refractivity contribution in [2.45, 2.75) is 5.41 Å². The van der Waals surface area contributed by atoms with E-state index < -0.39 is 5.41 Å². The molecule has 0 N–H and O–H groups in total. The van der Waals surface area contributed by atoms with E-state index in [0.717, 1.165) is 39.0 Å². The van der Waals surface area contributed by atoms with Crippen LogP contribution in [0.2, 0.25) is 0 Å². The molecule has 0 aliphatic heterocycles. The molecule has 1 unspecified atom stereocenters. The van der Waals surface area contributed by atoms with Crippen molar-refractivity contribution in [1.82, 2.24) is 0 Å². The lowest BCUT2D eigenvalue weighted by molar-refractivity contribution is 0.669. The standard InChI is InChI=1S/C57H35NO/c1-2-14-37(15-3-1)42-31-32-49-44-18-7-10-22-51(44)57(52-23-12-20-48(42)56(49)52)50-21-9-6-17-43(50)45-29-27-40(34-53(45)57)58(39-26-25-36-13-4-5-16-38(36)33-39)41-28-30-47-46-19-8-11-24-54(46)59-55(47)35-41/h1-35H. The number of hydrogen-bond donors (Lipinski definition) is 0. The van der Waals surface area contributed by atoms with Crippen molar-refractivity contribution < 1.29 is 4.42 Å². The molecule has 0 radical (unpaired) electrons. The molecule has 0 amide bonds. The maximum absolute atomic E-state index is 6.51. The minimum absolute atomic E-state index is 0.557. The number of nitrogens with zero attached hydrogens (tertiary/aromatic N) is 1. The quantitative estimate of drug-likeness (QED) is 0.178. The van der Waals surface area contributed by atoms with Crippen LogP contribution in [0.3, 0.4) is 0 Å². The second kappa shape index (κ2) is 12.2. The smallest absolute Gasteiger partial charge is 0.137 e. The van der Waals surface area contributed by atoms with Crippen LogP contribution >= 0.6 is 0 Å². The van der Waals surface area contributed by atoms with Gasteiger partial charge in [0.15, 0.2) is 0 Å². The van der Waals surface area contributed by atoms with E-state index in [1.54, 1.807) is 0 Å². The van der Waals surface area contributed by atoms with E-state index in [0.29, 0.717) is 0 Å². The van der Waals surface area contributed by atoms with Gasteiger partial charge in [-0.25, -0.2) is 0 Å². The van der Waals surface area contributed by atoms with Crippen LogP contribution in [0.4, 0.5) is 17.1 Å². The molecule has 2 aliphatic carbocycles. The molecule has 1 heterocycles. The highest BCUT2D eigenvalue weighted by Crippen LogP contribution is 2.63. The lowest BCUT2D eigenvalue weighted by Gasteiger charge is -2.40. The molecule has 0 bridgehead atoms. The number of para-hydroxylation sites is 1. The van der Waals surface area contributed by atoms with Gasteiger partial charge in [0, 0.05) is 33.9 Å². The molecule has 0 fully saturated rings. The van der Waals surface area contributed by atoms with Crippen LogP contribution in [-0.2, 0) is 5.41 Å². The summed E-state index contributed by atoms with van der Waals surface area (Å²) in [5, 5.41) is 7.26. The van der Waals surface area contributed by atoms with Crippen molar-refractivity contribution in [1.29, 1.82) is 0 Å². The lowest BCUT2D eigenvalue weighted by atomic mass is 9.61. The molecule has 1 aromatic heterocycles.